The maximum Gasteiger partial charge on any atom is 0.321 e. The van der Waals surface area contributed by atoms with E-state index in [4.69, 9.17) is 4.74 Å². The average molecular weight is 406 g/mol. The highest BCUT2D eigenvalue weighted by Gasteiger charge is 2.23. The summed E-state index contributed by atoms with van der Waals surface area (Å²) < 4.78 is 31.5. The summed E-state index contributed by atoms with van der Waals surface area (Å²) in [7, 11) is 1.28. The molecular formula is C20H27N3O4S. The van der Waals surface area contributed by atoms with E-state index in [1.165, 1.54) is 21.3 Å². The largest absolute Gasteiger partial charge is 0.497 e. The van der Waals surface area contributed by atoms with E-state index in [1.807, 2.05) is 38.1 Å². The molecule has 7 nitrogen and oxygen atoms in total. The van der Waals surface area contributed by atoms with E-state index in [0.717, 1.165) is 11.3 Å². The van der Waals surface area contributed by atoms with E-state index < -0.39 is 10.0 Å². The molecule has 2 aromatic rings. The number of methoxy groups -OCH3 is 1. The van der Waals surface area contributed by atoms with Crippen LogP contribution in [0.25, 0.3) is 0 Å². The number of carbonyl (C=O) groups excluding carboxylic acids is 1. The molecule has 0 atom stereocenters. The van der Waals surface area contributed by atoms with E-state index in [0.29, 0.717) is 12.2 Å². The van der Waals surface area contributed by atoms with Crippen molar-refractivity contribution in [2.75, 3.05) is 26.5 Å². The molecule has 0 aliphatic rings. The first-order valence-corrected chi connectivity index (χ1v) is 10.3. The average Bonchev–Trinajstić information content (AvgIpc) is 2.67. The Kier molecular flexibility index (Phi) is 7.04. The predicted octanol–water partition coefficient (Wildman–Crippen LogP) is 3.39. The molecule has 2 rings (SSSR count). The van der Waals surface area contributed by atoms with Gasteiger partial charge in [0, 0.05) is 32.4 Å². The zero-order valence-electron chi connectivity index (χ0n) is 16.8. The second-order valence-corrected chi connectivity index (χ2v) is 8.77. The number of nitrogens with zero attached hydrogens (tertiary/aromatic N) is 2. The Labute approximate surface area is 167 Å². The number of nitrogens with one attached hydrogen (secondary N) is 1. The number of sulfonamides is 1. The molecule has 0 heterocycles. The summed E-state index contributed by atoms with van der Waals surface area (Å²) in [5, 5.41) is 2.77. The Morgan fingerprint density at radius 3 is 2.32 bits per heavy atom. The SMILES string of the molecule is COc1cccc(CN(C)C(=O)Nc2ccc(S(=O)(=O)N(C)C(C)C)cc2)c1. The first-order chi connectivity index (χ1) is 13.1. The van der Waals surface area contributed by atoms with Gasteiger partial charge in [0.2, 0.25) is 10.0 Å². The van der Waals surface area contributed by atoms with Crippen molar-refractivity contribution in [1.82, 2.24) is 9.21 Å². The number of urea groups is 1. The Morgan fingerprint density at radius 1 is 1.11 bits per heavy atom. The fourth-order valence-corrected chi connectivity index (χ4v) is 3.86. The molecule has 0 spiro atoms. The van der Waals surface area contributed by atoms with Crippen LogP contribution in [0, 0.1) is 0 Å². The third kappa shape index (κ3) is 5.24. The lowest BCUT2D eigenvalue weighted by Gasteiger charge is -2.21. The molecule has 0 unspecified atom stereocenters. The van der Waals surface area contributed by atoms with Crippen molar-refractivity contribution in [1.29, 1.82) is 0 Å². The Bertz CT molecular complexity index is 911. The van der Waals surface area contributed by atoms with Gasteiger partial charge in [-0.05, 0) is 55.8 Å². The van der Waals surface area contributed by atoms with Gasteiger partial charge in [-0.3, -0.25) is 0 Å². The van der Waals surface area contributed by atoms with Gasteiger partial charge in [0.05, 0.1) is 12.0 Å². The minimum atomic E-state index is -3.55. The fourth-order valence-electron chi connectivity index (χ4n) is 2.49. The topological polar surface area (TPSA) is 79.0 Å². The van der Waals surface area contributed by atoms with Gasteiger partial charge in [-0.15, -0.1) is 0 Å². The van der Waals surface area contributed by atoms with Crippen molar-refractivity contribution >= 4 is 21.7 Å². The number of amides is 2. The van der Waals surface area contributed by atoms with Gasteiger partial charge in [-0.25, -0.2) is 13.2 Å². The standard InChI is InChI=1S/C20H27N3O4S/c1-15(2)23(4)28(25,26)19-11-9-17(10-12-19)21-20(24)22(3)14-16-7-6-8-18(13-16)27-5/h6-13,15H,14H2,1-5H3,(H,21,24). The zero-order valence-corrected chi connectivity index (χ0v) is 17.7. The summed E-state index contributed by atoms with van der Waals surface area (Å²) >= 11 is 0. The molecule has 8 heteroatoms. The minimum absolute atomic E-state index is 0.144. The van der Waals surface area contributed by atoms with Crippen LogP contribution in [-0.4, -0.2) is 50.9 Å². The highest BCUT2D eigenvalue weighted by Crippen LogP contribution is 2.19. The van der Waals surface area contributed by atoms with Crippen LogP contribution in [0.5, 0.6) is 5.75 Å². The van der Waals surface area contributed by atoms with E-state index in [1.54, 1.807) is 33.3 Å². The van der Waals surface area contributed by atoms with E-state index >= 15 is 0 Å². The lowest BCUT2D eigenvalue weighted by atomic mass is 10.2. The van der Waals surface area contributed by atoms with Crippen LogP contribution in [0.15, 0.2) is 53.4 Å². The van der Waals surface area contributed by atoms with Crippen LogP contribution in [-0.2, 0) is 16.6 Å². The molecule has 2 aromatic carbocycles. The monoisotopic (exact) mass is 405 g/mol. The van der Waals surface area contributed by atoms with E-state index in [9.17, 15) is 13.2 Å². The summed E-state index contributed by atoms with van der Waals surface area (Å²) in [6.07, 6.45) is 0. The normalized spacial score (nSPS) is 11.5. The number of hydrogen-bond acceptors (Lipinski definition) is 4. The third-order valence-corrected chi connectivity index (χ3v) is 6.46. The lowest BCUT2D eigenvalue weighted by molar-refractivity contribution is 0.220. The van der Waals surface area contributed by atoms with Crippen LogP contribution in [0.2, 0.25) is 0 Å². The van der Waals surface area contributed by atoms with Crippen LogP contribution < -0.4 is 10.1 Å². The Balaban J connectivity index is 2.04. The summed E-state index contributed by atoms with van der Waals surface area (Å²) in [5.41, 5.74) is 1.46. The van der Waals surface area contributed by atoms with E-state index in [-0.39, 0.29) is 17.0 Å². The third-order valence-electron chi connectivity index (χ3n) is 4.41. The van der Waals surface area contributed by atoms with Crippen molar-refractivity contribution < 1.29 is 17.9 Å². The number of rotatable bonds is 7. The Hall–Kier alpha value is -2.58. The molecule has 0 aromatic heterocycles. The highest BCUT2D eigenvalue weighted by atomic mass is 32.2. The van der Waals surface area contributed by atoms with Gasteiger partial charge in [0.25, 0.3) is 0 Å². The van der Waals surface area contributed by atoms with Crippen LogP contribution in [0.1, 0.15) is 19.4 Å². The molecule has 0 fully saturated rings. The number of benzene rings is 2. The van der Waals surface area contributed by atoms with Crippen molar-refractivity contribution in [3.8, 4) is 5.75 Å². The molecule has 28 heavy (non-hydrogen) atoms. The fraction of sp³-hybridized carbons (Fsp3) is 0.350. The van der Waals surface area contributed by atoms with Gasteiger partial charge < -0.3 is 15.0 Å². The number of hydrogen-bond donors (Lipinski definition) is 1. The maximum atomic E-state index is 12.5. The summed E-state index contributed by atoms with van der Waals surface area (Å²) in [5.74, 6) is 0.731. The summed E-state index contributed by atoms with van der Waals surface area (Å²) in [6.45, 7) is 4.03. The second-order valence-electron chi connectivity index (χ2n) is 6.78. The molecule has 0 radical (unpaired) electrons. The van der Waals surface area contributed by atoms with Crippen LogP contribution >= 0.6 is 0 Å². The molecule has 152 valence electrons. The second kappa shape index (κ2) is 9.07. The summed E-state index contributed by atoms with van der Waals surface area (Å²) in [6, 6.07) is 13.2. The Morgan fingerprint density at radius 2 is 1.75 bits per heavy atom. The van der Waals surface area contributed by atoms with Gasteiger partial charge in [-0.2, -0.15) is 4.31 Å². The predicted molar refractivity (Wildman–Crippen MR) is 110 cm³/mol. The molecule has 0 saturated heterocycles. The molecule has 0 aliphatic heterocycles. The van der Waals surface area contributed by atoms with Crippen LogP contribution in [0.4, 0.5) is 10.5 Å². The van der Waals surface area contributed by atoms with Crippen molar-refractivity contribution in [2.24, 2.45) is 0 Å². The number of carbonyl (C=O) groups is 1. The van der Waals surface area contributed by atoms with Crippen molar-refractivity contribution in [3.05, 3.63) is 54.1 Å². The number of anilines is 1. The first kappa shape index (κ1) is 21.7. The van der Waals surface area contributed by atoms with Gasteiger partial charge in [0.1, 0.15) is 5.75 Å². The maximum absolute atomic E-state index is 12.5. The molecule has 0 bridgehead atoms. The first-order valence-electron chi connectivity index (χ1n) is 8.88. The van der Waals surface area contributed by atoms with Gasteiger partial charge >= 0.3 is 6.03 Å². The molecule has 0 saturated carbocycles. The van der Waals surface area contributed by atoms with Crippen LogP contribution in [0.3, 0.4) is 0 Å². The molecular weight excluding hydrogens is 378 g/mol. The minimum Gasteiger partial charge on any atom is -0.497 e. The lowest BCUT2D eigenvalue weighted by Crippen LogP contribution is -2.33. The highest BCUT2D eigenvalue weighted by molar-refractivity contribution is 7.89. The van der Waals surface area contributed by atoms with Gasteiger partial charge in [-0.1, -0.05) is 12.1 Å². The van der Waals surface area contributed by atoms with E-state index in [2.05, 4.69) is 5.32 Å². The van der Waals surface area contributed by atoms with Crippen molar-refractivity contribution in [2.45, 2.75) is 31.3 Å². The van der Waals surface area contributed by atoms with Crippen molar-refractivity contribution in [3.63, 3.8) is 0 Å². The quantitative estimate of drug-likeness (QED) is 0.766. The molecule has 2 amide bonds. The van der Waals surface area contributed by atoms with Gasteiger partial charge in [0.15, 0.2) is 0 Å². The molecule has 1 N–H and O–H groups in total. The summed E-state index contributed by atoms with van der Waals surface area (Å²) in [4.78, 5) is 14.1. The number of ether oxygens (including phenoxy) is 1. The smallest absolute Gasteiger partial charge is 0.321 e. The molecule has 0 aliphatic carbocycles. The zero-order chi connectivity index (χ0) is 20.9.